The Hall–Kier alpha value is -1.86. The summed E-state index contributed by atoms with van der Waals surface area (Å²) in [6.45, 7) is 3.53. The lowest BCUT2D eigenvalue weighted by Gasteiger charge is -2.37. The molecular formula is C22H17BrCl2N4S. The van der Waals surface area contributed by atoms with E-state index in [-0.39, 0.29) is 0 Å². The van der Waals surface area contributed by atoms with Crippen LogP contribution in [0, 0.1) is 0 Å². The molecular weight excluding hydrogens is 503 g/mol. The van der Waals surface area contributed by atoms with E-state index in [0.29, 0.717) is 10.0 Å². The van der Waals surface area contributed by atoms with Gasteiger partial charge >= 0.3 is 0 Å². The van der Waals surface area contributed by atoms with E-state index in [2.05, 4.69) is 65.3 Å². The van der Waals surface area contributed by atoms with E-state index >= 15 is 0 Å². The fourth-order valence-corrected chi connectivity index (χ4v) is 5.27. The summed E-state index contributed by atoms with van der Waals surface area (Å²) < 4.78 is 1.07. The molecule has 0 bridgehead atoms. The average Bonchev–Trinajstić information content (AvgIpc) is 3.21. The monoisotopic (exact) mass is 518 g/mol. The van der Waals surface area contributed by atoms with E-state index in [1.807, 2.05) is 18.2 Å². The highest BCUT2D eigenvalue weighted by atomic mass is 79.9. The second kappa shape index (κ2) is 8.35. The number of benzene rings is 2. The number of piperazine rings is 1. The first-order valence-corrected chi connectivity index (χ1v) is 12.0. The normalized spacial score (nSPS) is 14.5. The van der Waals surface area contributed by atoms with Gasteiger partial charge in [0.05, 0.1) is 15.4 Å². The molecule has 8 heteroatoms. The summed E-state index contributed by atoms with van der Waals surface area (Å²) in [6, 6.07) is 14.2. The van der Waals surface area contributed by atoms with E-state index in [4.69, 9.17) is 23.2 Å². The van der Waals surface area contributed by atoms with Gasteiger partial charge in [-0.3, -0.25) is 0 Å². The third kappa shape index (κ3) is 3.78. The minimum absolute atomic E-state index is 0.584. The summed E-state index contributed by atoms with van der Waals surface area (Å²) in [5.41, 5.74) is 3.46. The molecule has 0 N–H and O–H groups in total. The van der Waals surface area contributed by atoms with Crippen molar-refractivity contribution in [2.24, 2.45) is 0 Å². The van der Waals surface area contributed by atoms with E-state index < -0.39 is 0 Å². The summed E-state index contributed by atoms with van der Waals surface area (Å²) >= 11 is 17.5. The summed E-state index contributed by atoms with van der Waals surface area (Å²) in [4.78, 5) is 14.9. The highest BCUT2D eigenvalue weighted by molar-refractivity contribution is 9.10. The molecule has 0 spiro atoms. The Morgan fingerprint density at radius 2 is 1.60 bits per heavy atom. The largest absolute Gasteiger partial charge is 0.368 e. The van der Waals surface area contributed by atoms with Gasteiger partial charge in [-0.25, -0.2) is 9.97 Å². The lowest BCUT2D eigenvalue weighted by atomic mass is 10.1. The maximum atomic E-state index is 6.21. The van der Waals surface area contributed by atoms with E-state index in [1.165, 1.54) is 11.1 Å². The Labute approximate surface area is 197 Å². The van der Waals surface area contributed by atoms with Crippen molar-refractivity contribution in [3.8, 4) is 11.1 Å². The van der Waals surface area contributed by atoms with Crippen molar-refractivity contribution in [3.05, 3.63) is 68.7 Å². The molecule has 1 aliphatic heterocycles. The number of hydrogen-bond donors (Lipinski definition) is 0. The molecule has 0 unspecified atom stereocenters. The predicted octanol–water partition coefficient (Wildman–Crippen LogP) is 6.75. The van der Waals surface area contributed by atoms with Gasteiger partial charge in [-0.2, -0.15) is 0 Å². The summed E-state index contributed by atoms with van der Waals surface area (Å²) in [5, 5.41) is 4.48. The Balaban J connectivity index is 1.44. The topological polar surface area (TPSA) is 32.3 Å². The molecule has 1 saturated heterocycles. The Kier molecular flexibility index (Phi) is 5.58. The Morgan fingerprint density at radius 1 is 0.867 bits per heavy atom. The minimum Gasteiger partial charge on any atom is -0.368 e. The number of fused-ring (bicyclic) bond motifs is 1. The summed E-state index contributed by atoms with van der Waals surface area (Å²) in [5.74, 6) is 1.01. The first-order chi connectivity index (χ1) is 14.6. The van der Waals surface area contributed by atoms with Gasteiger partial charge in [-0.05, 0) is 35.9 Å². The van der Waals surface area contributed by atoms with Crippen LogP contribution in [0.25, 0.3) is 21.3 Å². The summed E-state index contributed by atoms with van der Waals surface area (Å²) in [7, 11) is 0. The van der Waals surface area contributed by atoms with Crippen LogP contribution < -0.4 is 9.80 Å². The number of hydrogen-bond acceptors (Lipinski definition) is 5. The van der Waals surface area contributed by atoms with Crippen LogP contribution in [0.3, 0.4) is 0 Å². The third-order valence-electron chi connectivity index (χ3n) is 5.35. The van der Waals surface area contributed by atoms with Gasteiger partial charge in [0.2, 0.25) is 0 Å². The quantitative estimate of drug-likeness (QED) is 0.299. The first kappa shape index (κ1) is 20.1. The van der Waals surface area contributed by atoms with E-state index in [0.717, 1.165) is 52.4 Å². The molecule has 3 heterocycles. The Bertz CT molecular complexity index is 1200. The fraction of sp³-hybridized carbons (Fsp3) is 0.182. The highest BCUT2D eigenvalue weighted by Crippen LogP contribution is 2.38. The zero-order valence-corrected chi connectivity index (χ0v) is 19.8. The maximum absolute atomic E-state index is 6.21. The summed E-state index contributed by atoms with van der Waals surface area (Å²) in [6.07, 6.45) is 1.67. The van der Waals surface area contributed by atoms with Crippen molar-refractivity contribution in [1.82, 2.24) is 9.97 Å². The van der Waals surface area contributed by atoms with Crippen LogP contribution in [0.15, 0.2) is 58.6 Å². The maximum Gasteiger partial charge on any atom is 0.141 e. The molecule has 0 atom stereocenters. The molecule has 4 nitrogen and oxygen atoms in total. The van der Waals surface area contributed by atoms with Crippen molar-refractivity contribution in [3.63, 3.8) is 0 Å². The van der Waals surface area contributed by atoms with Gasteiger partial charge in [0.15, 0.2) is 0 Å². The second-order valence-corrected chi connectivity index (χ2v) is 9.69. The standard InChI is InChI=1S/C22H17BrCl2N4S/c23-15-3-1-14(2-4-15)17-12-30-22-20(17)21(26-13-27-22)29-9-7-28(8-10-29)16-5-6-18(24)19(25)11-16/h1-6,11-13H,7-10H2. The van der Waals surface area contributed by atoms with Crippen LogP contribution in [-0.4, -0.2) is 36.1 Å². The van der Waals surface area contributed by atoms with Crippen molar-refractivity contribution >= 4 is 72.2 Å². The van der Waals surface area contributed by atoms with Crippen molar-refractivity contribution in [1.29, 1.82) is 0 Å². The van der Waals surface area contributed by atoms with Crippen molar-refractivity contribution in [2.45, 2.75) is 0 Å². The van der Waals surface area contributed by atoms with Crippen LogP contribution in [0.1, 0.15) is 0 Å². The number of halogens is 3. The zero-order chi connectivity index (χ0) is 20.7. The number of nitrogens with zero attached hydrogens (tertiary/aromatic N) is 4. The van der Waals surface area contributed by atoms with Crippen LogP contribution in [0.2, 0.25) is 10.0 Å². The third-order valence-corrected chi connectivity index (χ3v) is 7.51. The molecule has 0 amide bonds. The van der Waals surface area contributed by atoms with Crippen LogP contribution in [-0.2, 0) is 0 Å². The highest BCUT2D eigenvalue weighted by Gasteiger charge is 2.23. The van der Waals surface area contributed by atoms with Crippen LogP contribution in [0.4, 0.5) is 11.5 Å². The van der Waals surface area contributed by atoms with Gasteiger partial charge in [-0.1, -0.05) is 51.3 Å². The average molecular weight is 520 g/mol. The molecule has 5 rings (SSSR count). The molecule has 2 aromatic heterocycles. The van der Waals surface area contributed by atoms with E-state index in [9.17, 15) is 0 Å². The van der Waals surface area contributed by atoms with Gasteiger partial charge in [0.1, 0.15) is 17.0 Å². The van der Waals surface area contributed by atoms with Crippen LogP contribution in [0.5, 0.6) is 0 Å². The molecule has 0 aliphatic carbocycles. The second-order valence-electron chi connectivity index (χ2n) is 7.11. The lowest BCUT2D eigenvalue weighted by molar-refractivity contribution is 0.649. The Morgan fingerprint density at radius 3 is 2.33 bits per heavy atom. The smallest absolute Gasteiger partial charge is 0.141 e. The minimum atomic E-state index is 0.584. The predicted molar refractivity (Wildman–Crippen MR) is 131 cm³/mol. The number of aromatic nitrogens is 2. The number of rotatable bonds is 3. The molecule has 2 aromatic carbocycles. The van der Waals surface area contributed by atoms with Gasteiger partial charge in [0.25, 0.3) is 0 Å². The molecule has 1 fully saturated rings. The fourth-order valence-electron chi connectivity index (χ4n) is 3.80. The van der Waals surface area contributed by atoms with Crippen molar-refractivity contribution in [2.75, 3.05) is 36.0 Å². The van der Waals surface area contributed by atoms with Gasteiger partial charge < -0.3 is 9.80 Å². The molecule has 0 radical (unpaired) electrons. The van der Waals surface area contributed by atoms with Gasteiger partial charge in [0, 0.05) is 47.3 Å². The van der Waals surface area contributed by atoms with E-state index in [1.54, 1.807) is 17.7 Å². The molecule has 30 heavy (non-hydrogen) atoms. The zero-order valence-electron chi connectivity index (χ0n) is 15.9. The lowest BCUT2D eigenvalue weighted by Crippen LogP contribution is -2.46. The van der Waals surface area contributed by atoms with Crippen molar-refractivity contribution < 1.29 is 0 Å². The molecule has 152 valence electrons. The first-order valence-electron chi connectivity index (χ1n) is 9.53. The molecule has 4 aromatic rings. The molecule has 1 aliphatic rings. The molecule has 0 saturated carbocycles. The van der Waals surface area contributed by atoms with Crippen LogP contribution >= 0.6 is 50.5 Å². The van der Waals surface area contributed by atoms with Gasteiger partial charge in [-0.15, -0.1) is 11.3 Å². The number of thiophene rings is 1. The number of anilines is 2. The SMILES string of the molecule is Clc1ccc(N2CCN(c3ncnc4scc(-c5ccc(Br)cc5)c34)CC2)cc1Cl.